The Bertz CT molecular complexity index is 971. The Hall–Kier alpha value is -2.62. The van der Waals surface area contributed by atoms with Crippen molar-refractivity contribution in [2.24, 2.45) is 0 Å². The summed E-state index contributed by atoms with van der Waals surface area (Å²) in [7, 11) is -2.31. The topological polar surface area (TPSA) is 94.2 Å². The highest BCUT2D eigenvalue weighted by Gasteiger charge is 2.28. The molecule has 0 unspecified atom stereocenters. The number of carbonyl (C=O) groups is 1. The minimum absolute atomic E-state index is 0.0310. The van der Waals surface area contributed by atoms with Crippen LogP contribution < -0.4 is 14.8 Å². The molecule has 0 aliphatic carbocycles. The van der Waals surface area contributed by atoms with E-state index in [2.05, 4.69) is 5.32 Å². The Labute approximate surface area is 170 Å². The summed E-state index contributed by atoms with van der Waals surface area (Å²) >= 11 is 0. The summed E-state index contributed by atoms with van der Waals surface area (Å²) in [5.74, 6) is 0.310. The molecule has 1 fully saturated rings. The number of carbonyl (C=O) groups excluding carboxylic acids is 1. The maximum absolute atomic E-state index is 12.9. The third-order valence-corrected chi connectivity index (χ3v) is 6.35. The van der Waals surface area contributed by atoms with Crippen LogP contribution in [0.4, 0.5) is 5.69 Å². The number of sulfonamides is 1. The van der Waals surface area contributed by atoms with E-state index in [9.17, 15) is 13.2 Å². The van der Waals surface area contributed by atoms with Crippen LogP contribution in [0.15, 0.2) is 47.4 Å². The molecule has 2 aromatic rings. The summed E-state index contributed by atoms with van der Waals surface area (Å²) in [5, 5.41) is 2.77. The fraction of sp³-hybridized carbons (Fsp3) is 0.350. The van der Waals surface area contributed by atoms with Crippen molar-refractivity contribution in [1.29, 1.82) is 0 Å². The fourth-order valence-corrected chi connectivity index (χ4v) is 4.44. The second-order valence-electron chi connectivity index (χ2n) is 6.26. The Balaban J connectivity index is 1.92. The van der Waals surface area contributed by atoms with E-state index in [-0.39, 0.29) is 29.3 Å². The molecule has 1 aliphatic rings. The molecule has 1 N–H and O–H groups in total. The number of benzene rings is 2. The molecule has 0 radical (unpaired) electrons. The highest BCUT2D eigenvalue weighted by atomic mass is 32.2. The van der Waals surface area contributed by atoms with Gasteiger partial charge in [0.25, 0.3) is 5.91 Å². The number of hydrogen-bond acceptors (Lipinski definition) is 6. The van der Waals surface area contributed by atoms with Crippen LogP contribution in [-0.4, -0.2) is 58.7 Å². The zero-order valence-electron chi connectivity index (χ0n) is 16.4. The molecule has 1 heterocycles. The number of nitrogens with one attached hydrogen (secondary N) is 1. The lowest BCUT2D eigenvalue weighted by molar-refractivity contribution is 0.0730. The van der Waals surface area contributed by atoms with E-state index in [0.29, 0.717) is 31.3 Å². The van der Waals surface area contributed by atoms with Crippen LogP contribution in [-0.2, 0) is 14.8 Å². The first-order chi connectivity index (χ1) is 14.0. The van der Waals surface area contributed by atoms with Gasteiger partial charge >= 0.3 is 0 Å². The van der Waals surface area contributed by atoms with Crippen LogP contribution >= 0.6 is 0 Å². The zero-order valence-corrected chi connectivity index (χ0v) is 17.2. The zero-order chi connectivity index (χ0) is 20.9. The van der Waals surface area contributed by atoms with Gasteiger partial charge in [0.1, 0.15) is 11.5 Å². The molecule has 29 heavy (non-hydrogen) atoms. The summed E-state index contributed by atoms with van der Waals surface area (Å²) in [5.41, 5.74) is 0.607. The van der Waals surface area contributed by atoms with Gasteiger partial charge in [-0.05, 0) is 37.3 Å². The lowest BCUT2D eigenvalue weighted by Crippen LogP contribution is -2.40. The maximum Gasteiger partial charge on any atom is 0.259 e. The maximum atomic E-state index is 12.9. The van der Waals surface area contributed by atoms with E-state index >= 15 is 0 Å². The lowest BCUT2D eigenvalue weighted by atomic mass is 10.1. The van der Waals surface area contributed by atoms with Crippen LogP contribution in [0, 0.1) is 0 Å². The Morgan fingerprint density at radius 1 is 1.14 bits per heavy atom. The van der Waals surface area contributed by atoms with Crippen molar-refractivity contribution in [2.75, 3.05) is 45.3 Å². The van der Waals surface area contributed by atoms with Crippen LogP contribution in [0.1, 0.15) is 17.3 Å². The third-order valence-electron chi connectivity index (χ3n) is 4.46. The third kappa shape index (κ3) is 4.69. The van der Waals surface area contributed by atoms with Gasteiger partial charge in [-0.15, -0.1) is 0 Å². The normalized spacial score (nSPS) is 15.0. The van der Waals surface area contributed by atoms with Crippen molar-refractivity contribution in [3.63, 3.8) is 0 Å². The minimum Gasteiger partial charge on any atom is -0.496 e. The highest BCUT2D eigenvalue weighted by Crippen LogP contribution is 2.28. The molecule has 9 heteroatoms. The van der Waals surface area contributed by atoms with Crippen LogP contribution in [0.5, 0.6) is 11.5 Å². The molecule has 1 amide bonds. The molecule has 0 saturated carbocycles. The summed E-state index contributed by atoms with van der Waals surface area (Å²) in [4.78, 5) is 13.0. The van der Waals surface area contributed by atoms with Crippen molar-refractivity contribution in [3.05, 3.63) is 48.0 Å². The standard InChI is InChI=1S/C20H24N2O6S/c1-3-28-19-7-5-4-6-17(19)21-20(23)16-14-15(8-9-18(16)26-2)29(24,25)22-10-12-27-13-11-22/h4-9,14H,3,10-13H2,1-2H3,(H,21,23). The highest BCUT2D eigenvalue weighted by molar-refractivity contribution is 7.89. The van der Waals surface area contributed by atoms with Crippen molar-refractivity contribution in [2.45, 2.75) is 11.8 Å². The van der Waals surface area contributed by atoms with Crippen molar-refractivity contribution in [3.8, 4) is 11.5 Å². The fourth-order valence-electron chi connectivity index (χ4n) is 3.00. The number of nitrogens with zero attached hydrogens (tertiary/aromatic N) is 1. The molecule has 2 aromatic carbocycles. The van der Waals surface area contributed by atoms with Gasteiger partial charge < -0.3 is 19.5 Å². The number of anilines is 1. The number of methoxy groups -OCH3 is 1. The van der Waals surface area contributed by atoms with Gasteiger partial charge in [0.15, 0.2) is 0 Å². The van der Waals surface area contributed by atoms with E-state index in [4.69, 9.17) is 14.2 Å². The van der Waals surface area contributed by atoms with Crippen molar-refractivity contribution in [1.82, 2.24) is 4.31 Å². The van der Waals surface area contributed by atoms with Crippen LogP contribution in [0.3, 0.4) is 0 Å². The quantitative estimate of drug-likeness (QED) is 0.739. The summed E-state index contributed by atoms with van der Waals surface area (Å²) in [6.45, 7) is 3.54. The van der Waals surface area contributed by atoms with E-state index in [1.165, 1.54) is 29.6 Å². The van der Waals surface area contributed by atoms with E-state index < -0.39 is 15.9 Å². The van der Waals surface area contributed by atoms with E-state index in [0.717, 1.165) is 0 Å². The monoisotopic (exact) mass is 420 g/mol. The second kappa shape index (κ2) is 9.25. The van der Waals surface area contributed by atoms with Crippen LogP contribution in [0.2, 0.25) is 0 Å². The number of ether oxygens (including phenoxy) is 3. The summed E-state index contributed by atoms with van der Waals surface area (Å²) in [6, 6.07) is 11.3. The van der Waals surface area contributed by atoms with Gasteiger partial charge in [0.2, 0.25) is 10.0 Å². The summed E-state index contributed by atoms with van der Waals surface area (Å²) < 4.78 is 43.3. The number of amides is 1. The van der Waals surface area contributed by atoms with Crippen LogP contribution in [0.25, 0.3) is 0 Å². The molecule has 3 rings (SSSR count). The molecular formula is C20H24N2O6S. The predicted molar refractivity (Wildman–Crippen MR) is 108 cm³/mol. The van der Waals surface area contributed by atoms with Gasteiger partial charge in [0.05, 0.1) is 43.1 Å². The first kappa shape index (κ1) is 21.1. The molecule has 0 bridgehead atoms. The van der Waals surface area contributed by atoms with Gasteiger partial charge in [-0.25, -0.2) is 8.42 Å². The van der Waals surface area contributed by atoms with Gasteiger partial charge in [-0.1, -0.05) is 12.1 Å². The molecule has 156 valence electrons. The van der Waals surface area contributed by atoms with Gasteiger partial charge in [-0.2, -0.15) is 4.31 Å². The van der Waals surface area contributed by atoms with Crippen molar-refractivity contribution < 1.29 is 27.4 Å². The molecular weight excluding hydrogens is 396 g/mol. The number of para-hydroxylation sites is 2. The molecule has 0 atom stereocenters. The van der Waals surface area contributed by atoms with E-state index in [1.54, 1.807) is 24.3 Å². The predicted octanol–water partition coefficient (Wildman–Crippen LogP) is 2.37. The van der Waals surface area contributed by atoms with Gasteiger partial charge in [0, 0.05) is 13.1 Å². The number of rotatable bonds is 7. The Kier molecular flexibility index (Phi) is 6.73. The summed E-state index contributed by atoms with van der Waals surface area (Å²) in [6.07, 6.45) is 0. The number of hydrogen-bond donors (Lipinski definition) is 1. The molecule has 0 aromatic heterocycles. The Morgan fingerprint density at radius 2 is 1.86 bits per heavy atom. The SMILES string of the molecule is CCOc1ccccc1NC(=O)c1cc(S(=O)(=O)N2CCOCC2)ccc1OC. The molecule has 1 aliphatic heterocycles. The average Bonchev–Trinajstić information content (AvgIpc) is 2.75. The minimum atomic E-state index is -3.74. The van der Waals surface area contributed by atoms with Crippen molar-refractivity contribution >= 4 is 21.6 Å². The largest absolute Gasteiger partial charge is 0.496 e. The average molecular weight is 420 g/mol. The molecule has 8 nitrogen and oxygen atoms in total. The number of morpholine rings is 1. The van der Waals surface area contributed by atoms with E-state index in [1.807, 2.05) is 6.92 Å². The molecule has 1 saturated heterocycles. The first-order valence-corrected chi connectivity index (χ1v) is 10.7. The Morgan fingerprint density at radius 3 is 2.55 bits per heavy atom. The molecule has 0 spiro atoms. The second-order valence-corrected chi connectivity index (χ2v) is 8.20. The first-order valence-electron chi connectivity index (χ1n) is 9.26. The smallest absolute Gasteiger partial charge is 0.259 e. The van der Waals surface area contributed by atoms with Gasteiger partial charge in [-0.3, -0.25) is 4.79 Å². The lowest BCUT2D eigenvalue weighted by Gasteiger charge is -2.26.